The van der Waals surface area contributed by atoms with Gasteiger partial charge in [-0.05, 0) is 24.9 Å². The summed E-state index contributed by atoms with van der Waals surface area (Å²) < 4.78 is 5.29. The Kier molecular flexibility index (Phi) is 2.69. The summed E-state index contributed by atoms with van der Waals surface area (Å²) in [4.78, 5) is 4.00. The number of rotatable bonds is 3. The van der Waals surface area contributed by atoms with Crippen molar-refractivity contribution in [1.29, 1.82) is 0 Å². The smallest absolute Gasteiger partial charge is 0.242 e. The summed E-state index contributed by atoms with van der Waals surface area (Å²) in [5, 5.41) is 6.68. The second-order valence-electron chi connectivity index (χ2n) is 2.74. The van der Waals surface area contributed by atoms with Crippen molar-refractivity contribution >= 4 is 11.6 Å². The molecular weight excluding hydrogens is 178 g/mol. The Morgan fingerprint density at radius 3 is 2.67 bits per heavy atom. The largest absolute Gasteiger partial charge is 0.371 e. The highest BCUT2D eigenvalue weighted by Gasteiger charge is 2.27. The van der Waals surface area contributed by atoms with E-state index in [9.17, 15) is 0 Å². The van der Waals surface area contributed by atoms with E-state index in [0.717, 1.165) is 6.42 Å². The first-order valence-electron chi connectivity index (χ1n) is 3.76. The van der Waals surface area contributed by atoms with E-state index >= 15 is 0 Å². The lowest BCUT2D eigenvalue weighted by atomic mass is 10.0. The van der Waals surface area contributed by atoms with Gasteiger partial charge in [-0.15, -0.1) is 5.10 Å². The number of hydrogen-bond acceptors (Lipinski definition) is 3. The molecule has 0 aliphatic carbocycles. The van der Waals surface area contributed by atoms with Crippen LogP contribution in [0.2, 0.25) is 5.28 Å². The number of aromatic nitrogens is 3. The van der Waals surface area contributed by atoms with Gasteiger partial charge in [-0.25, -0.2) is 0 Å². The molecule has 5 heteroatoms. The van der Waals surface area contributed by atoms with Crippen molar-refractivity contribution in [2.45, 2.75) is 25.9 Å². The molecule has 0 aliphatic heterocycles. The van der Waals surface area contributed by atoms with Gasteiger partial charge in [0.2, 0.25) is 5.28 Å². The maximum atomic E-state index is 5.57. The first kappa shape index (κ1) is 9.48. The van der Waals surface area contributed by atoms with E-state index in [4.69, 9.17) is 16.3 Å². The van der Waals surface area contributed by atoms with Gasteiger partial charge >= 0.3 is 0 Å². The van der Waals surface area contributed by atoms with E-state index in [-0.39, 0.29) is 5.28 Å². The molecule has 0 fully saturated rings. The summed E-state index contributed by atoms with van der Waals surface area (Å²) in [7, 11) is 1.64. The molecule has 0 bridgehead atoms. The molecule has 1 unspecified atom stereocenters. The zero-order valence-electron chi connectivity index (χ0n) is 7.39. The molecule has 0 aromatic carbocycles. The summed E-state index contributed by atoms with van der Waals surface area (Å²) in [6.07, 6.45) is 0.815. The molecule has 1 aromatic heterocycles. The summed E-state index contributed by atoms with van der Waals surface area (Å²) >= 11 is 5.57. The first-order valence-corrected chi connectivity index (χ1v) is 4.13. The molecule has 0 radical (unpaired) electrons. The second kappa shape index (κ2) is 3.41. The highest BCUT2D eigenvalue weighted by molar-refractivity contribution is 6.28. The molecule has 0 spiro atoms. The summed E-state index contributed by atoms with van der Waals surface area (Å²) in [6, 6.07) is 0. The summed E-state index contributed by atoms with van der Waals surface area (Å²) in [5.41, 5.74) is -0.417. The number of halogens is 1. The van der Waals surface area contributed by atoms with Gasteiger partial charge < -0.3 is 4.74 Å². The highest BCUT2D eigenvalue weighted by Crippen LogP contribution is 2.25. The van der Waals surface area contributed by atoms with Gasteiger partial charge in [0.05, 0.1) is 0 Å². The maximum Gasteiger partial charge on any atom is 0.242 e. The van der Waals surface area contributed by atoms with E-state index in [1.54, 1.807) is 7.11 Å². The molecule has 1 rings (SSSR count). The minimum atomic E-state index is -0.417. The van der Waals surface area contributed by atoms with Crippen molar-refractivity contribution in [1.82, 2.24) is 15.2 Å². The third-order valence-electron chi connectivity index (χ3n) is 2.08. The van der Waals surface area contributed by atoms with Crippen molar-refractivity contribution < 1.29 is 4.74 Å². The molecule has 12 heavy (non-hydrogen) atoms. The average molecular weight is 190 g/mol. The standard InChI is InChI=1S/C7H12ClN3O/c1-4-7(2,12-3)5-9-6(8)11-10-5/h4H2,1-3H3,(H,9,10,11). The molecule has 0 amide bonds. The predicted octanol–water partition coefficient (Wildman–Crippen LogP) is 1.73. The minimum absolute atomic E-state index is 0.224. The van der Waals surface area contributed by atoms with Crippen LogP contribution in [0.1, 0.15) is 26.1 Å². The van der Waals surface area contributed by atoms with Gasteiger partial charge in [-0.2, -0.15) is 4.98 Å². The zero-order valence-corrected chi connectivity index (χ0v) is 8.14. The summed E-state index contributed by atoms with van der Waals surface area (Å²) in [6.45, 7) is 3.95. The van der Waals surface area contributed by atoms with Crippen LogP contribution in [-0.4, -0.2) is 22.3 Å². The van der Waals surface area contributed by atoms with Gasteiger partial charge in [-0.1, -0.05) is 6.92 Å². The van der Waals surface area contributed by atoms with E-state index < -0.39 is 5.60 Å². The zero-order chi connectivity index (χ0) is 9.19. The van der Waals surface area contributed by atoms with Crippen molar-refractivity contribution in [3.05, 3.63) is 11.1 Å². The number of ether oxygens (including phenoxy) is 1. The van der Waals surface area contributed by atoms with Gasteiger partial charge in [0.15, 0.2) is 5.82 Å². The summed E-state index contributed by atoms with van der Waals surface area (Å²) in [5.74, 6) is 0.664. The van der Waals surface area contributed by atoms with Gasteiger partial charge in [0.25, 0.3) is 0 Å². The van der Waals surface area contributed by atoms with Crippen LogP contribution in [0, 0.1) is 0 Å². The van der Waals surface area contributed by atoms with Crippen LogP contribution in [0.3, 0.4) is 0 Å². The van der Waals surface area contributed by atoms with Crippen molar-refractivity contribution in [2.75, 3.05) is 7.11 Å². The number of H-pyrrole nitrogens is 1. The average Bonchev–Trinajstić information content (AvgIpc) is 2.51. The van der Waals surface area contributed by atoms with E-state index in [0.29, 0.717) is 5.82 Å². The second-order valence-corrected chi connectivity index (χ2v) is 3.08. The fourth-order valence-electron chi connectivity index (χ4n) is 0.886. The molecule has 1 atom stereocenters. The topological polar surface area (TPSA) is 50.8 Å². The number of nitrogens with one attached hydrogen (secondary N) is 1. The lowest BCUT2D eigenvalue weighted by Gasteiger charge is -2.22. The lowest BCUT2D eigenvalue weighted by Crippen LogP contribution is -2.24. The monoisotopic (exact) mass is 189 g/mol. The fraction of sp³-hybridized carbons (Fsp3) is 0.714. The molecule has 4 nitrogen and oxygen atoms in total. The molecule has 0 saturated heterocycles. The first-order chi connectivity index (χ1) is 5.62. The number of hydrogen-bond donors (Lipinski definition) is 1. The van der Waals surface area contributed by atoms with Gasteiger partial charge in [0.1, 0.15) is 5.60 Å². The fourth-order valence-corrected chi connectivity index (χ4v) is 1.01. The Morgan fingerprint density at radius 1 is 1.67 bits per heavy atom. The van der Waals surface area contributed by atoms with Crippen LogP contribution >= 0.6 is 11.6 Å². The molecule has 1 N–H and O–H groups in total. The molecule has 1 aromatic rings. The maximum absolute atomic E-state index is 5.57. The minimum Gasteiger partial charge on any atom is -0.371 e. The van der Waals surface area contributed by atoms with Crippen LogP contribution in [0.5, 0.6) is 0 Å². The van der Waals surface area contributed by atoms with Crippen molar-refractivity contribution in [3.63, 3.8) is 0 Å². The Labute approximate surface area is 76.3 Å². The molecular formula is C7H12ClN3O. The van der Waals surface area contributed by atoms with Crippen LogP contribution in [0.4, 0.5) is 0 Å². The molecule has 1 heterocycles. The lowest BCUT2D eigenvalue weighted by molar-refractivity contribution is -0.00866. The third kappa shape index (κ3) is 1.59. The van der Waals surface area contributed by atoms with Crippen LogP contribution in [0.15, 0.2) is 0 Å². The van der Waals surface area contributed by atoms with E-state index in [1.165, 1.54) is 0 Å². The highest BCUT2D eigenvalue weighted by atomic mass is 35.5. The van der Waals surface area contributed by atoms with Crippen LogP contribution in [-0.2, 0) is 10.3 Å². The third-order valence-corrected chi connectivity index (χ3v) is 2.25. The molecule has 0 aliphatic rings. The van der Waals surface area contributed by atoms with E-state index in [2.05, 4.69) is 15.2 Å². The van der Waals surface area contributed by atoms with Crippen molar-refractivity contribution in [3.8, 4) is 0 Å². The van der Waals surface area contributed by atoms with Gasteiger partial charge in [0, 0.05) is 7.11 Å². The van der Waals surface area contributed by atoms with Crippen LogP contribution < -0.4 is 0 Å². The Bertz CT molecular complexity index is 257. The Hall–Kier alpha value is -0.610. The van der Waals surface area contributed by atoms with Crippen molar-refractivity contribution in [2.24, 2.45) is 0 Å². The number of aromatic amines is 1. The predicted molar refractivity (Wildman–Crippen MR) is 46.0 cm³/mol. The normalized spacial score (nSPS) is 16.0. The Morgan fingerprint density at radius 2 is 2.33 bits per heavy atom. The SMILES string of the molecule is CCC(C)(OC)c1nc(Cl)n[nH]1. The van der Waals surface area contributed by atoms with E-state index in [1.807, 2.05) is 13.8 Å². The Balaban J connectivity index is 2.94. The van der Waals surface area contributed by atoms with Gasteiger partial charge in [-0.3, -0.25) is 5.10 Å². The number of nitrogens with zero attached hydrogens (tertiary/aromatic N) is 2. The number of methoxy groups -OCH3 is 1. The molecule has 68 valence electrons. The molecule has 0 saturated carbocycles. The van der Waals surface area contributed by atoms with Crippen LogP contribution in [0.25, 0.3) is 0 Å². The quantitative estimate of drug-likeness (QED) is 0.788.